The maximum absolute atomic E-state index is 6.63. The molecule has 1 unspecified atom stereocenters. The molecule has 0 spiro atoms. The molecule has 1 heterocycles. The second kappa shape index (κ2) is 6.04. The van der Waals surface area contributed by atoms with Crippen LogP contribution in [0.15, 0.2) is 0 Å². The lowest BCUT2D eigenvalue weighted by molar-refractivity contribution is 0.0715. The van der Waals surface area contributed by atoms with Crippen LogP contribution < -0.4 is 5.73 Å². The second-order valence-electron chi connectivity index (χ2n) is 6.35. The van der Waals surface area contributed by atoms with Crippen LogP contribution in [0.5, 0.6) is 0 Å². The lowest BCUT2D eigenvalue weighted by Crippen LogP contribution is -2.59. The fraction of sp³-hybridized carbons (Fsp3) is 0.800. The van der Waals surface area contributed by atoms with E-state index in [1.807, 2.05) is 14.0 Å². The molecule has 4 nitrogen and oxygen atoms in total. The summed E-state index contributed by atoms with van der Waals surface area (Å²) in [6.07, 6.45) is 7.03. The summed E-state index contributed by atoms with van der Waals surface area (Å²) in [6, 6.07) is 0.0956. The number of halogens is 1. The molecule has 0 radical (unpaired) electrons. The molecule has 1 saturated carbocycles. The number of nitrogens with two attached hydrogens (primary N) is 1. The number of aryl methyl sites for hydroxylation is 2. The first-order chi connectivity index (χ1) is 9.38. The van der Waals surface area contributed by atoms with Gasteiger partial charge in [-0.1, -0.05) is 30.9 Å². The minimum atomic E-state index is 0.0956. The van der Waals surface area contributed by atoms with E-state index in [4.69, 9.17) is 17.3 Å². The summed E-state index contributed by atoms with van der Waals surface area (Å²) in [7, 11) is 6.19. The summed E-state index contributed by atoms with van der Waals surface area (Å²) >= 11 is 6.35. The average Bonchev–Trinajstić information content (AvgIpc) is 2.66. The van der Waals surface area contributed by atoms with E-state index in [1.54, 1.807) is 4.68 Å². The number of hydrogen-bond acceptors (Lipinski definition) is 3. The third kappa shape index (κ3) is 2.74. The SMILES string of the molecule is Cc1nn(C)c(Cl)c1CC(N)C1(N(C)C)CCCCC1. The molecule has 0 aromatic carbocycles. The van der Waals surface area contributed by atoms with E-state index in [9.17, 15) is 0 Å². The Balaban J connectivity index is 2.22. The van der Waals surface area contributed by atoms with Gasteiger partial charge < -0.3 is 10.6 Å². The van der Waals surface area contributed by atoms with Gasteiger partial charge in [0.05, 0.1) is 5.69 Å². The molecule has 2 N–H and O–H groups in total. The molecule has 0 saturated heterocycles. The van der Waals surface area contributed by atoms with Crippen molar-refractivity contribution in [2.24, 2.45) is 12.8 Å². The minimum absolute atomic E-state index is 0.0956. The van der Waals surface area contributed by atoms with Gasteiger partial charge in [-0.05, 0) is 40.3 Å². The number of likely N-dealkylation sites (N-methyl/N-ethyl adjacent to an activating group) is 1. The molecule has 2 rings (SSSR count). The van der Waals surface area contributed by atoms with Gasteiger partial charge >= 0.3 is 0 Å². The molecule has 114 valence electrons. The summed E-state index contributed by atoms with van der Waals surface area (Å²) in [5.41, 5.74) is 8.83. The Morgan fingerprint density at radius 2 is 1.95 bits per heavy atom. The van der Waals surface area contributed by atoms with Crippen LogP contribution in [0.4, 0.5) is 0 Å². The fourth-order valence-electron chi connectivity index (χ4n) is 3.63. The first-order valence-electron chi connectivity index (χ1n) is 7.49. The standard InChI is InChI=1S/C15H27ClN4/c1-11-12(14(16)20(4)18-11)10-13(17)15(19(2)3)8-6-5-7-9-15/h13H,5-10,17H2,1-4H3. The van der Waals surface area contributed by atoms with Gasteiger partial charge in [0.15, 0.2) is 0 Å². The number of rotatable bonds is 4. The van der Waals surface area contributed by atoms with Gasteiger partial charge in [0.2, 0.25) is 0 Å². The first-order valence-corrected chi connectivity index (χ1v) is 7.87. The van der Waals surface area contributed by atoms with Crippen LogP contribution in [-0.4, -0.2) is 40.4 Å². The third-order valence-corrected chi connectivity index (χ3v) is 5.47. The Kier molecular flexibility index (Phi) is 4.77. The van der Waals surface area contributed by atoms with Crippen LogP contribution in [0.3, 0.4) is 0 Å². The Hall–Kier alpha value is -0.580. The maximum atomic E-state index is 6.63. The van der Waals surface area contributed by atoms with Crippen molar-refractivity contribution in [1.82, 2.24) is 14.7 Å². The van der Waals surface area contributed by atoms with Crippen LogP contribution in [0, 0.1) is 6.92 Å². The van der Waals surface area contributed by atoms with Crippen molar-refractivity contribution < 1.29 is 0 Å². The van der Waals surface area contributed by atoms with Gasteiger partial charge in [0.1, 0.15) is 5.15 Å². The zero-order valence-corrected chi connectivity index (χ0v) is 13.9. The second-order valence-corrected chi connectivity index (χ2v) is 6.71. The number of hydrogen-bond donors (Lipinski definition) is 1. The first kappa shape index (κ1) is 15.8. The Morgan fingerprint density at radius 3 is 2.40 bits per heavy atom. The summed E-state index contributed by atoms with van der Waals surface area (Å²) in [5, 5.41) is 5.12. The summed E-state index contributed by atoms with van der Waals surface area (Å²) < 4.78 is 1.74. The van der Waals surface area contributed by atoms with Gasteiger partial charge in [0, 0.05) is 24.2 Å². The van der Waals surface area contributed by atoms with E-state index in [-0.39, 0.29) is 11.6 Å². The highest BCUT2D eigenvalue weighted by Gasteiger charge is 2.40. The molecule has 1 aromatic rings. The summed E-state index contributed by atoms with van der Waals surface area (Å²) in [4.78, 5) is 2.33. The molecular weight excluding hydrogens is 272 g/mol. The van der Waals surface area contributed by atoms with Crippen molar-refractivity contribution in [1.29, 1.82) is 0 Å². The van der Waals surface area contributed by atoms with Crippen molar-refractivity contribution in [2.45, 2.75) is 57.0 Å². The molecular formula is C15H27ClN4. The lowest BCUT2D eigenvalue weighted by atomic mass is 9.74. The van der Waals surface area contributed by atoms with E-state index >= 15 is 0 Å². The van der Waals surface area contributed by atoms with Gasteiger partial charge in [-0.15, -0.1) is 0 Å². The van der Waals surface area contributed by atoms with Crippen molar-refractivity contribution in [3.63, 3.8) is 0 Å². The normalized spacial score (nSPS) is 20.4. The molecule has 0 amide bonds. The zero-order chi connectivity index (χ0) is 14.9. The molecule has 1 aliphatic carbocycles. The highest BCUT2D eigenvalue weighted by molar-refractivity contribution is 6.30. The maximum Gasteiger partial charge on any atom is 0.130 e. The Labute approximate surface area is 127 Å². The molecule has 0 aliphatic heterocycles. The number of aromatic nitrogens is 2. The van der Waals surface area contributed by atoms with Crippen molar-refractivity contribution >= 4 is 11.6 Å². The van der Waals surface area contributed by atoms with Crippen LogP contribution in [0.1, 0.15) is 43.4 Å². The Morgan fingerprint density at radius 1 is 1.35 bits per heavy atom. The molecule has 5 heteroatoms. The molecule has 1 aliphatic rings. The highest BCUT2D eigenvalue weighted by Crippen LogP contribution is 2.36. The topological polar surface area (TPSA) is 47.1 Å². The molecule has 1 fully saturated rings. The Bertz CT molecular complexity index is 461. The van der Waals surface area contributed by atoms with Crippen molar-refractivity contribution in [3.05, 3.63) is 16.4 Å². The van der Waals surface area contributed by atoms with E-state index in [1.165, 1.54) is 32.1 Å². The van der Waals surface area contributed by atoms with Crippen LogP contribution >= 0.6 is 11.6 Å². The predicted molar refractivity (Wildman–Crippen MR) is 84.1 cm³/mol. The van der Waals surface area contributed by atoms with Crippen LogP contribution in [0.25, 0.3) is 0 Å². The monoisotopic (exact) mass is 298 g/mol. The van der Waals surface area contributed by atoms with Crippen molar-refractivity contribution in [2.75, 3.05) is 14.1 Å². The smallest absolute Gasteiger partial charge is 0.130 e. The molecule has 0 bridgehead atoms. The predicted octanol–water partition coefficient (Wildman–Crippen LogP) is 2.52. The van der Waals surface area contributed by atoms with E-state index < -0.39 is 0 Å². The zero-order valence-electron chi connectivity index (χ0n) is 13.1. The molecule has 1 atom stereocenters. The van der Waals surface area contributed by atoms with Crippen LogP contribution in [0.2, 0.25) is 5.15 Å². The van der Waals surface area contributed by atoms with E-state index in [0.29, 0.717) is 0 Å². The lowest BCUT2D eigenvalue weighted by Gasteiger charge is -2.47. The highest BCUT2D eigenvalue weighted by atomic mass is 35.5. The fourth-order valence-corrected chi connectivity index (χ4v) is 3.88. The van der Waals surface area contributed by atoms with Gasteiger partial charge in [-0.25, -0.2) is 0 Å². The summed E-state index contributed by atoms with van der Waals surface area (Å²) in [5.74, 6) is 0. The third-order valence-electron chi connectivity index (χ3n) is 4.99. The van der Waals surface area contributed by atoms with Crippen molar-refractivity contribution in [3.8, 4) is 0 Å². The molecule has 1 aromatic heterocycles. The van der Waals surface area contributed by atoms with E-state index in [0.717, 1.165) is 22.8 Å². The van der Waals surface area contributed by atoms with E-state index in [2.05, 4.69) is 24.1 Å². The summed E-state index contributed by atoms with van der Waals surface area (Å²) in [6.45, 7) is 2.01. The van der Waals surface area contributed by atoms with Gasteiger partial charge in [-0.2, -0.15) is 5.10 Å². The molecule has 20 heavy (non-hydrogen) atoms. The minimum Gasteiger partial charge on any atom is -0.326 e. The van der Waals surface area contributed by atoms with Gasteiger partial charge in [-0.3, -0.25) is 4.68 Å². The largest absolute Gasteiger partial charge is 0.326 e. The quantitative estimate of drug-likeness (QED) is 0.929. The van der Waals surface area contributed by atoms with Gasteiger partial charge in [0.25, 0.3) is 0 Å². The average molecular weight is 299 g/mol. The number of nitrogens with zero attached hydrogens (tertiary/aromatic N) is 3. The van der Waals surface area contributed by atoms with Crippen LogP contribution in [-0.2, 0) is 13.5 Å².